The molecule has 0 aliphatic rings. The number of carbonyl (C=O) groups is 1. The number of anilines is 1. The zero-order chi connectivity index (χ0) is 19.9. The molecule has 3 aromatic rings. The van der Waals surface area contributed by atoms with E-state index in [2.05, 4.69) is 10.3 Å². The Kier molecular flexibility index (Phi) is 6.17. The Morgan fingerprint density at radius 1 is 1.04 bits per heavy atom. The normalized spacial score (nSPS) is 10.8. The van der Waals surface area contributed by atoms with Crippen LogP contribution in [0.5, 0.6) is 5.75 Å². The van der Waals surface area contributed by atoms with E-state index in [4.69, 9.17) is 4.74 Å². The maximum absolute atomic E-state index is 13.6. The standard InChI is InChI=1S/C23H21FN2O2/c1-16-10-11-19(12-17(16)2)26-23(27)15-28-20-7-5-6-18(13-20)14-25-22-9-4-3-8-21(22)24/h3-14H,15H2,1-2H3,(H,26,27). The van der Waals surface area contributed by atoms with Gasteiger partial charge in [0, 0.05) is 11.9 Å². The van der Waals surface area contributed by atoms with Crippen molar-refractivity contribution in [3.63, 3.8) is 0 Å². The molecule has 4 nitrogen and oxygen atoms in total. The third kappa shape index (κ3) is 5.27. The predicted octanol–water partition coefficient (Wildman–Crippen LogP) is 5.21. The van der Waals surface area contributed by atoms with Gasteiger partial charge in [-0.2, -0.15) is 0 Å². The van der Waals surface area contributed by atoms with E-state index < -0.39 is 0 Å². The van der Waals surface area contributed by atoms with Crippen LogP contribution in [-0.4, -0.2) is 18.7 Å². The van der Waals surface area contributed by atoms with Gasteiger partial charge in [0.2, 0.25) is 0 Å². The second-order valence-corrected chi connectivity index (χ2v) is 6.42. The number of ether oxygens (including phenoxy) is 1. The second kappa shape index (κ2) is 8.95. The number of rotatable bonds is 6. The summed E-state index contributed by atoms with van der Waals surface area (Å²) >= 11 is 0. The third-order valence-electron chi connectivity index (χ3n) is 4.22. The van der Waals surface area contributed by atoms with E-state index in [0.29, 0.717) is 5.75 Å². The van der Waals surface area contributed by atoms with Gasteiger partial charge in [-0.25, -0.2) is 4.39 Å². The molecular weight excluding hydrogens is 355 g/mol. The maximum Gasteiger partial charge on any atom is 0.262 e. The first-order valence-corrected chi connectivity index (χ1v) is 8.90. The second-order valence-electron chi connectivity index (χ2n) is 6.42. The molecule has 0 aromatic heterocycles. The molecule has 3 rings (SSSR count). The summed E-state index contributed by atoms with van der Waals surface area (Å²) in [6.45, 7) is 3.91. The molecule has 142 valence electrons. The van der Waals surface area contributed by atoms with E-state index in [9.17, 15) is 9.18 Å². The Morgan fingerprint density at radius 3 is 2.64 bits per heavy atom. The van der Waals surface area contributed by atoms with Gasteiger partial charge in [0.1, 0.15) is 11.6 Å². The van der Waals surface area contributed by atoms with Gasteiger partial charge in [-0.05, 0) is 66.9 Å². The van der Waals surface area contributed by atoms with Crippen LogP contribution in [0.3, 0.4) is 0 Å². The fraction of sp³-hybridized carbons (Fsp3) is 0.130. The number of amides is 1. The highest BCUT2D eigenvalue weighted by Crippen LogP contribution is 2.18. The van der Waals surface area contributed by atoms with Gasteiger partial charge in [-0.1, -0.05) is 30.3 Å². The highest BCUT2D eigenvalue weighted by Gasteiger charge is 2.05. The van der Waals surface area contributed by atoms with E-state index in [-0.39, 0.29) is 24.0 Å². The number of nitrogens with zero attached hydrogens (tertiary/aromatic N) is 1. The van der Waals surface area contributed by atoms with Crippen LogP contribution in [0, 0.1) is 19.7 Å². The van der Waals surface area contributed by atoms with Crippen molar-refractivity contribution in [3.8, 4) is 5.75 Å². The van der Waals surface area contributed by atoms with Crippen LogP contribution >= 0.6 is 0 Å². The van der Waals surface area contributed by atoms with E-state index in [1.807, 2.05) is 38.1 Å². The van der Waals surface area contributed by atoms with Crippen molar-refractivity contribution in [3.05, 3.63) is 89.2 Å². The zero-order valence-corrected chi connectivity index (χ0v) is 15.8. The largest absolute Gasteiger partial charge is 0.484 e. The lowest BCUT2D eigenvalue weighted by atomic mass is 10.1. The number of halogens is 1. The molecule has 0 fully saturated rings. The number of benzene rings is 3. The molecule has 1 amide bonds. The summed E-state index contributed by atoms with van der Waals surface area (Å²) in [5.41, 5.74) is 4.03. The van der Waals surface area contributed by atoms with Crippen LogP contribution in [0.25, 0.3) is 0 Å². The molecule has 0 unspecified atom stereocenters. The van der Waals surface area contributed by atoms with Gasteiger partial charge in [0.05, 0.1) is 5.69 Å². The smallest absolute Gasteiger partial charge is 0.262 e. The van der Waals surface area contributed by atoms with Crippen LogP contribution < -0.4 is 10.1 Å². The summed E-state index contributed by atoms with van der Waals surface area (Å²) in [6, 6.07) is 19.2. The predicted molar refractivity (Wildman–Crippen MR) is 110 cm³/mol. The molecular formula is C23H21FN2O2. The summed E-state index contributed by atoms with van der Waals surface area (Å²) in [5.74, 6) is -0.0874. The number of hydrogen-bond acceptors (Lipinski definition) is 3. The first-order chi connectivity index (χ1) is 13.5. The van der Waals surface area contributed by atoms with Crippen molar-refractivity contribution < 1.29 is 13.9 Å². The highest BCUT2D eigenvalue weighted by atomic mass is 19.1. The molecule has 0 aliphatic carbocycles. The van der Waals surface area contributed by atoms with Crippen LogP contribution in [0.1, 0.15) is 16.7 Å². The Bertz CT molecular complexity index is 1010. The molecule has 1 N–H and O–H groups in total. The van der Waals surface area contributed by atoms with Crippen LogP contribution in [0.2, 0.25) is 0 Å². The average molecular weight is 376 g/mol. The van der Waals surface area contributed by atoms with Crippen LogP contribution in [-0.2, 0) is 4.79 Å². The molecule has 0 atom stereocenters. The summed E-state index contributed by atoms with van der Waals surface area (Å²) in [6.07, 6.45) is 1.56. The van der Waals surface area contributed by atoms with Gasteiger partial charge < -0.3 is 10.1 Å². The summed E-state index contributed by atoms with van der Waals surface area (Å²) < 4.78 is 19.2. The topological polar surface area (TPSA) is 50.7 Å². The van der Waals surface area contributed by atoms with Gasteiger partial charge in [-0.15, -0.1) is 0 Å². The molecule has 28 heavy (non-hydrogen) atoms. The van der Waals surface area contributed by atoms with Gasteiger partial charge in [0.15, 0.2) is 6.61 Å². The molecule has 0 saturated carbocycles. The fourth-order valence-electron chi connectivity index (χ4n) is 2.55. The van der Waals surface area contributed by atoms with Crippen LogP contribution in [0.15, 0.2) is 71.7 Å². The average Bonchev–Trinajstić information content (AvgIpc) is 2.69. The lowest BCUT2D eigenvalue weighted by molar-refractivity contribution is -0.118. The summed E-state index contributed by atoms with van der Waals surface area (Å²) in [7, 11) is 0. The Morgan fingerprint density at radius 2 is 1.86 bits per heavy atom. The number of aliphatic imine (C=N–C) groups is 1. The van der Waals surface area contributed by atoms with E-state index in [1.165, 1.54) is 11.6 Å². The number of aryl methyl sites for hydroxylation is 2. The minimum atomic E-state index is -0.380. The number of nitrogens with one attached hydrogen (secondary N) is 1. The van der Waals surface area contributed by atoms with E-state index in [1.54, 1.807) is 42.6 Å². The first-order valence-electron chi connectivity index (χ1n) is 8.90. The van der Waals surface area contributed by atoms with Crippen molar-refractivity contribution in [1.82, 2.24) is 0 Å². The monoisotopic (exact) mass is 376 g/mol. The Labute approximate surface area is 163 Å². The lowest BCUT2D eigenvalue weighted by Crippen LogP contribution is -2.20. The fourth-order valence-corrected chi connectivity index (χ4v) is 2.55. The first kappa shape index (κ1) is 19.3. The maximum atomic E-state index is 13.6. The van der Waals surface area contributed by atoms with Gasteiger partial charge >= 0.3 is 0 Å². The molecule has 0 radical (unpaired) electrons. The molecule has 0 heterocycles. The SMILES string of the molecule is Cc1ccc(NC(=O)COc2cccc(C=Nc3ccccc3F)c2)cc1C. The van der Waals surface area contributed by atoms with E-state index in [0.717, 1.165) is 16.8 Å². The quantitative estimate of drug-likeness (QED) is 0.600. The Hall–Kier alpha value is -3.47. The highest BCUT2D eigenvalue weighted by molar-refractivity contribution is 5.92. The Balaban J connectivity index is 1.59. The molecule has 0 spiro atoms. The summed E-state index contributed by atoms with van der Waals surface area (Å²) in [5, 5.41) is 2.82. The van der Waals surface area contributed by atoms with Crippen molar-refractivity contribution in [2.75, 3.05) is 11.9 Å². The third-order valence-corrected chi connectivity index (χ3v) is 4.22. The van der Waals surface area contributed by atoms with Crippen LogP contribution in [0.4, 0.5) is 15.8 Å². The van der Waals surface area contributed by atoms with Gasteiger partial charge in [-0.3, -0.25) is 9.79 Å². The number of para-hydroxylation sites is 1. The van der Waals surface area contributed by atoms with Crippen molar-refractivity contribution >= 4 is 23.5 Å². The summed E-state index contributed by atoms with van der Waals surface area (Å²) in [4.78, 5) is 16.3. The molecule has 5 heteroatoms. The number of carbonyl (C=O) groups excluding carboxylic acids is 1. The van der Waals surface area contributed by atoms with Crippen molar-refractivity contribution in [2.45, 2.75) is 13.8 Å². The molecule has 3 aromatic carbocycles. The number of hydrogen-bond donors (Lipinski definition) is 1. The van der Waals surface area contributed by atoms with Crippen molar-refractivity contribution in [2.24, 2.45) is 4.99 Å². The van der Waals surface area contributed by atoms with Gasteiger partial charge in [0.25, 0.3) is 5.91 Å². The molecule has 0 bridgehead atoms. The van der Waals surface area contributed by atoms with E-state index >= 15 is 0 Å². The zero-order valence-electron chi connectivity index (χ0n) is 15.8. The molecule has 0 aliphatic heterocycles. The molecule has 0 saturated heterocycles. The lowest BCUT2D eigenvalue weighted by Gasteiger charge is -2.09. The minimum Gasteiger partial charge on any atom is -0.484 e. The minimum absolute atomic E-state index is 0.110. The van der Waals surface area contributed by atoms with Crippen molar-refractivity contribution in [1.29, 1.82) is 0 Å².